The molecule has 19 heavy (non-hydrogen) atoms. The lowest BCUT2D eigenvalue weighted by atomic mass is 9.90. The molecule has 0 aliphatic carbocycles. The number of aromatic nitrogens is 2. The Morgan fingerprint density at radius 3 is 2.63 bits per heavy atom. The van der Waals surface area contributed by atoms with Gasteiger partial charge in [0.15, 0.2) is 0 Å². The Morgan fingerprint density at radius 1 is 1.21 bits per heavy atom. The van der Waals surface area contributed by atoms with Crippen LogP contribution in [0.5, 0.6) is 0 Å². The second-order valence-corrected chi connectivity index (χ2v) is 6.15. The normalized spacial score (nSPS) is 11.8. The molecule has 0 fully saturated rings. The van der Waals surface area contributed by atoms with Gasteiger partial charge in [-0.1, -0.05) is 39.0 Å². The second-order valence-electron chi connectivity index (χ2n) is 6.15. The van der Waals surface area contributed by atoms with E-state index in [2.05, 4.69) is 59.9 Å². The number of hydrogen-bond donors (Lipinski definition) is 1. The molecule has 2 rings (SSSR count). The standard InChI is InChI=1S/C16H23N3/c1-16(2,3)9-14-11-18-12-19(14)15-8-6-5-7-13(15)10-17-4/h5-8,11-12,17H,9-10H2,1-4H3. The Hall–Kier alpha value is -1.61. The lowest BCUT2D eigenvalue weighted by Crippen LogP contribution is -2.14. The summed E-state index contributed by atoms with van der Waals surface area (Å²) in [4.78, 5) is 4.33. The molecule has 2 aromatic rings. The van der Waals surface area contributed by atoms with Crippen LogP contribution in [-0.2, 0) is 13.0 Å². The monoisotopic (exact) mass is 257 g/mol. The molecule has 0 radical (unpaired) electrons. The van der Waals surface area contributed by atoms with Crippen LogP contribution in [0.2, 0.25) is 0 Å². The summed E-state index contributed by atoms with van der Waals surface area (Å²) in [5.74, 6) is 0. The van der Waals surface area contributed by atoms with E-state index in [0.717, 1.165) is 13.0 Å². The first-order valence-electron chi connectivity index (χ1n) is 6.75. The zero-order valence-electron chi connectivity index (χ0n) is 12.3. The zero-order valence-corrected chi connectivity index (χ0v) is 12.3. The van der Waals surface area contributed by atoms with Gasteiger partial charge in [0, 0.05) is 18.4 Å². The smallest absolute Gasteiger partial charge is 0.0994 e. The van der Waals surface area contributed by atoms with Gasteiger partial charge in [0.05, 0.1) is 12.0 Å². The van der Waals surface area contributed by atoms with Crippen molar-refractivity contribution in [2.75, 3.05) is 7.05 Å². The minimum Gasteiger partial charge on any atom is -0.316 e. The Labute approximate surface area is 115 Å². The van der Waals surface area contributed by atoms with Gasteiger partial charge in [-0.15, -0.1) is 0 Å². The molecule has 0 bridgehead atoms. The van der Waals surface area contributed by atoms with Crippen molar-refractivity contribution < 1.29 is 0 Å². The number of nitrogens with zero attached hydrogens (tertiary/aromatic N) is 2. The Kier molecular flexibility index (Phi) is 4.05. The van der Waals surface area contributed by atoms with Crippen molar-refractivity contribution in [3.63, 3.8) is 0 Å². The number of nitrogens with one attached hydrogen (secondary N) is 1. The number of rotatable bonds is 4. The van der Waals surface area contributed by atoms with Crippen molar-refractivity contribution in [3.05, 3.63) is 48.0 Å². The van der Waals surface area contributed by atoms with Gasteiger partial charge in [0.1, 0.15) is 0 Å². The molecule has 0 saturated carbocycles. The average Bonchev–Trinajstić information content (AvgIpc) is 2.76. The second kappa shape index (κ2) is 5.57. The first kappa shape index (κ1) is 13.8. The van der Waals surface area contributed by atoms with Crippen molar-refractivity contribution in [2.24, 2.45) is 5.41 Å². The molecule has 0 aliphatic rings. The molecule has 3 nitrogen and oxygen atoms in total. The van der Waals surface area contributed by atoms with Crippen LogP contribution >= 0.6 is 0 Å². The maximum absolute atomic E-state index is 4.33. The fourth-order valence-corrected chi connectivity index (χ4v) is 2.30. The van der Waals surface area contributed by atoms with Gasteiger partial charge in [-0.25, -0.2) is 4.98 Å². The third-order valence-corrected chi connectivity index (χ3v) is 3.04. The van der Waals surface area contributed by atoms with Crippen LogP contribution in [0.15, 0.2) is 36.8 Å². The highest BCUT2D eigenvalue weighted by Crippen LogP contribution is 2.23. The third-order valence-electron chi connectivity index (χ3n) is 3.04. The summed E-state index contributed by atoms with van der Waals surface area (Å²) in [6.07, 6.45) is 4.90. The summed E-state index contributed by atoms with van der Waals surface area (Å²) < 4.78 is 2.21. The van der Waals surface area contributed by atoms with Crippen LogP contribution in [0.3, 0.4) is 0 Å². The molecule has 0 amide bonds. The fraction of sp³-hybridized carbons (Fsp3) is 0.438. The molecule has 0 spiro atoms. The Bertz CT molecular complexity index is 535. The van der Waals surface area contributed by atoms with Crippen LogP contribution in [0, 0.1) is 5.41 Å². The van der Waals surface area contributed by atoms with Gasteiger partial charge in [0.25, 0.3) is 0 Å². The van der Waals surface area contributed by atoms with E-state index in [-0.39, 0.29) is 5.41 Å². The average molecular weight is 257 g/mol. The first-order chi connectivity index (χ1) is 9.01. The highest BCUT2D eigenvalue weighted by molar-refractivity contribution is 5.42. The summed E-state index contributed by atoms with van der Waals surface area (Å²) in [5.41, 5.74) is 4.03. The van der Waals surface area contributed by atoms with E-state index >= 15 is 0 Å². The van der Waals surface area contributed by atoms with Crippen LogP contribution < -0.4 is 5.32 Å². The number of hydrogen-bond acceptors (Lipinski definition) is 2. The van der Waals surface area contributed by atoms with Gasteiger partial charge in [-0.3, -0.25) is 0 Å². The molecule has 0 aliphatic heterocycles. The summed E-state index contributed by atoms with van der Waals surface area (Å²) in [7, 11) is 1.97. The van der Waals surface area contributed by atoms with Gasteiger partial charge < -0.3 is 9.88 Å². The summed E-state index contributed by atoms with van der Waals surface area (Å²) >= 11 is 0. The molecule has 0 unspecified atom stereocenters. The minimum absolute atomic E-state index is 0.260. The molecule has 1 N–H and O–H groups in total. The van der Waals surface area contributed by atoms with Crippen LogP contribution in [0.4, 0.5) is 0 Å². The van der Waals surface area contributed by atoms with E-state index in [9.17, 15) is 0 Å². The van der Waals surface area contributed by atoms with E-state index in [1.807, 2.05) is 19.6 Å². The van der Waals surface area contributed by atoms with E-state index in [1.54, 1.807) is 0 Å². The molecular weight excluding hydrogens is 234 g/mol. The van der Waals surface area contributed by atoms with Crippen molar-refractivity contribution in [1.82, 2.24) is 14.9 Å². The van der Waals surface area contributed by atoms with E-state index in [4.69, 9.17) is 0 Å². The van der Waals surface area contributed by atoms with Crippen LogP contribution in [-0.4, -0.2) is 16.6 Å². The topological polar surface area (TPSA) is 29.9 Å². The number of para-hydroxylation sites is 1. The van der Waals surface area contributed by atoms with Gasteiger partial charge in [-0.05, 0) is 30.5 Å². The molecule has 3 heteroatoms. The van der Waals surface area contributed by atoms with E-state index < -0.39 is 0 Å². The molecule has 102 valence electrons. The van der Waals surface area contributed by atoms with Crippen LogP contribution in [0.1, 0.15) is 32.0 Å². The lowest BCUT2D eigenvalue weighted by Gasteiger charge is -2.20. The molecular formula is C16H23N3. The molecule has 1 heterocycles. The molecule has 1 aromatic carbocycles. The van der Waals surface area contributed by atoms with E-state index in [0.29, 0.717) is 0 Å². The van der Waals surface area contributed by atoms with E-state index in [1.165, 1.54) is 16.9 Å². The summed E-state index contributed by atoms with van der Waals surface area (Å²) in [6.45, 7) is 7.63. The van der Waals surface area contributed by atoms with Gasteiger partial charge in [-0.2, -0.15) is 0 Å². The molecule has 1 aromatic heterocycles. The van der Waals surface area contributed by atoms with Crippen molar-refractivity contribution in [3.8, 4) is 5.69 Å². The van der Waals surface area contributed by atoms with Crippen molar-refractivity contribution >= 4 is 0 Å². The fourth-order valence-electron chi connectivity index (χ4n) is 2.30. The number of imidazole rings is 1. The first-order valence-corrected chi connectivity index (χ1v) is 6.75. The third kappa shape index (κ3) is 3.44. The zero-order chi connectivity index (χ0) is 13.9. The maximum atomic E-state index is 4.33. The molecule has 0 atom stereocenters. The summed E-state index contributed by atoms with van der Waals surface area (Å²) in [6, 6.07) is 8.47. The Morgan fingerprint density at radius 2 is 1.95 bits per heavy atom. The van der Waals surface area contributed by atoms with Crippen molar-refractivity contribution in [1.29, 1.82) is 0 Å². The quantitative estimate of drug-likeness (QED) is 0.911. The van der Waals surface area contributed by atoms with Crippen molar-refractivity contribution in [2.45, 2.75) is 33.7 Å². The van der Waals surface area contributed by atoms with Gasteiger partial charge >= 0.3 is 0 Å². The van der Waals surface area contributed by atoms with Gasteiger partial charge in [0.2, 0.25) is 0 Å². The minimum atomic E-state index is 0.260. The summed E-state index contributed by atoms with van der Waals surface area (Å²) in [5, 5.41) is 3.22. The SMILES string of the molecule is CNCc1ccccc1-n1cncc1CC(C)(C)C. The molecule has 0 saturated heterocycles. The van der Waals surface area contributed by atoms with Crippen LogP contribution in [0.25, 0.3) is 5.69 Å². The maximum Gasteiger partial charge on any atom is 0.0994 e. The number of benzene rings is 1. The largest absolute Gasteiger partial charge is 0.316 e. The highest BCUT2D eigenvalue weighted by atomic mass is 15.1. The highest BCUT2D eigenvalue weighted by Gasteiger charge is 2.16. The Balaban J connectivity index is 2.40. The lowest BCUT2D eigenvalue weighted by molar-refractivity contribution is 0.403. The predicted octanol–water partition coefficient (Wildman–Crippen LogP) is 3.18. The predicted molar refractivity (Wildman–Crippen MR) is 79.5 cm³/mol.